The molecule has 0 radical (unpaired) electrons. The minimum atomic E-state index is -5.28. The first kappa shape index (κ1) is 55.1. The average molecular weight is 1090 g/mol. The Morgan fingerprint density at radius 2 is 1.39 bits per heavy atom. The Balaban J connectivity index is 0.747. The molecule has 2 aromatic heterocycles. The van der Waals surface area contributed by atoms with Gasteiger partial charge in [-0.2, -0.15) is 44.6 Å². The van der Waals surface area contributed by atoms with Gasteiger partial charge in [-0.25, -0.2) is 4.68 Å². The first-order valence-electron chi connectivity index (χ1n) is 23.2. The molecule has 0 spiro atoms. The molecule has 406 valence electrons. The van der Waals surface area contributed by atoms with Crippen LogP contribution in [-0.2, 0) is 66.9 Å². The van der Waals surface area contributed by atoms with Gasteiger partial charge in [-0.05, 0) is 78.2 Å². The molecule has 1 unspecified atom stereocenters. The number of aromatic amines is 1. The number of benzene rings is 4. The minimum Gasteiger partial charge on any atom is -0.506 e. The maximum Gasteiger partial charge on any atom is 0.432 e. The van der Waals surface area contributed by atoms with Gasteiger partial charge in [0.15, 0.2) is 5.78 Å². The summed E-state index contributed by atoms with van der Waals surface area (Å²) in [6.45, 7) is 0.339. The number of phenolic OH excluding ortho intramolecular Hbond substituents is 1. The molecule has 2 aliphatic rings. The normalized spacial score (nSPS) is 15.1. The summed E-state index contributed by atoms with van der Waals surface area (Å²) in [7, 11) is 0. The zero-order valence-corrected chi connectivity index (χ0v) is 39.8. The molecule has 1 aliphatic heterocycles. The van der Waals surface area contributed by atoms with E-state index in [2.05, 4.69) is 20.7 Å². The number of amides is 3. The van der Waals surface area contributed by atoms with E-state index in [0.29, 0.717) is 41.7 Å². The van der Waals surface area contributed by atoms with Crippen molar-refractivity contribution in [1.82, 2.24) is 30.1 Å². The Morgan fingerprint density at radius 3 is 2.05 bits per heavy atom. The lowest BCUT2D eigenvalue weighted by Crippen LogP contribution is -2.47. The van der Waals surface area contributed by atoms with Crippen LogP contribution in [0.15, 0.2) is 85.1 Å². The quantitative estimate of drug-likeness (QED) is 0.0267. The number of nitrogens with zero attached hydrogens (tertiary/aromatic N) is 5. The molecule has 3 heterocycles. The monoisotopic (exact) mass is 1090 g/mol. The van der Waals surface area contributed by atoms with Crippen molar-refractivity contribution in [3.63, 3.8) is 0 Å². The van der Waals surface area contributed by atoms with Crippen LogP contribution in [-0.4, -0.2) is 110 Å². The van der Waals surface area contributed by atoms with E-state index in [4.69, 9.17) is 23.7 Å². The van der Waals surface area contributed by atoms with Gasteiger partial charge in [0.1, 0.15) is 54.2 Å². The molecule has 3 amide bonds. The van der Waals surface area contributed by atoms with Crippen LogP contribution in [0.25, 0.3) is 22.4 Å². The molecular weight excluding hydrogens is 1050 g/mol. The first-order valence-corrected chi connectivity index (χ1v) is 23.2. The summed E-state index contributed by atoms with van der Waals surface area (Å²) in [6, 6.07) is 12.5. The van der Waals surface area contributed by atoms with E-state index in [1.807, 2.05) is 0 Å². The van der Waals surface area contributed by atoms with Gasteiger partial charge in [0.25, 0.3) is 11.8 Å². The van der Waals surface area contributed by atoms with Gasteiger partial charge in [-0.15, -0.1) is 5.10 Å². The molecule has 77 heavy (non-hydrogen) atoms. The molecule has 27 heteroatoms. The van der Waals surface area contributed by atoms with E-state index in [1.54, 1.807) is 17.4 Å². The highest BCUT2D eigenvalue weighted by Gasteiger charge is 2.46. The highest BCUT2D eigenvalue weighted by molar-refractivity contribution is 6.24. The summed E-state index contributed by atoms with van der Waals surface area (Å²) in [5, 5.41) is 27.2. The highest BCUT2D eigenvalue weighted by Crippen LogP contribution is 2.48. The van der Waals surface area contributed by atoms with Gasteiger partial charge in [-0.1, -0.05) is 23.4 Å². The fraction of sp³-hybridized carbons (Fsp3) is 0.320. The number of H-pyrrole nitrogens is 1. The summed E-state index contributed by atoms with van der Waals surface area (Å²) in [5.74, 6) is -3.85. The van der Waals surface area contributed by atoms with E-state index in [1.165, 1.54) is 41.1 Å². The van der Waals surface area contributed by atoms with Gasteiger partial charge in [0.2, 0.25) is 5.91 Å². The second kappa shape index (κ2) is 23.0. The molecule has 0 saturated heterocycles. The number of aromatic hydroxyl groups is 1. The number of carbonyl (C=O) groups is 5. The number of ketones is 2. The van der Waals surface area contributed by atoms with Crippen molar-refractivity contribution in [2.24, 2.45) is 0 Å². The van der Waals surface area contributed by atoms with Crippen LogP contribution in [0.5, 0.6) is 17.2 Å². The molecular formula is C50H42F9N7O11. The lowest BCUT2D eigenvalue weighted by atomic mass is 9.92. The largest absolute Gasteiger partial charge is 0.506 e. The topological polar surface area (TPSA) is 226 Å². The molecule has 8 rings (SSSR count). The van der Waals surface area contributed by atoms with Crippen molar-refractivity contribution in [2.45, 2.75) is 63.6 Å². The number of aromatic nitrogens is 5. The van der Waals surface area contributed by atoms with Crippen molar-refractivity contribution in [3.8, 4) is 39.6 Å². The van der Waals surface area contributed by atoms with Crippen molar-refractivity contribution in [2.75, 3.05) is 45.0 Å². The number of hydrogen-bond donors (Lipinski definition) is 3. The molecule has 1 saturated carbocycles. The van der Waals surface area contributed by atoms with Crippen molar-refractivity contribution >= 4 is 35.0 Å². The number of ether oxygens (including phenoxy) is 5. The Morgan fingerprint density at radius 1 is 0.727 bits per heavy atom. The van der Waals surface area contributed by atoms with Crippen LogP contribution in [0, 0.1) is 0 Å². The van der Waals surface area contributed by atoms with E-state index < -0.39 is 98.8 Å². The summed E-state index contributed by atoms with van der Waals surface area (Å²) >= 11 is 0. The third-order valence-electron chi connectivity index (χ3n) is 11.9. The van der Waals surface area contributed by atoms with E-state index in [0.717, 1.165) is 17.0 Å². The molecule has 6 aromatic rings. The first-order chi connectivity index (χ1) is 36.5. The highest BCUT2D eigenvalue weighted by atomic mass is 19.4. The Hall–Kier alpha value is -8.17. The molecule has 4 aromatic carbocycles. The van der Waals surface area contributed by atoms with Gasteiger partial charge in [0.05, 0.1) is 91.7 Å². The van der Waals surface area contributed by atoms with Gasteiger partial charge >= 0.3 is 18.5 Å². The predicted octanol–water partition coefficient (Wildman–Crippen LogP) is 8.23. The van der Waals surface area contributed by atoms with Crippen LogP contribution in [0.3, 0.4) is 0 Å². The fourth-order valence-corrected chi connectivity index (χ4v) is 8.16. The Bertz CT molecular complexity index is 3140. The SMILES string of the molecule is O=C1CCC(N2C(=O)c3cccc(OCc4cn(CCOCCOCCOCC(=O)Nc5ccc(COc6ccc(-c7cc(C(F)(F)F)[nH]n7)c(O)c6-c6cc(C(F)(F)F)cc(C(F)(F)F)c6)cc5)nn4)c3C2=O)C(=O)C1. The van der Waals surface area contributed by atoms with Gasteiger partial charge in [-0.3, -0.25) is 34.0 Å². The third-order valence-corrected chi connectivity index (χ3v) is 11.9. The molecule has 18 nitrogen and oxygen atoms in total. The Kier molecular flexibility index (Phi) is 16.4. The number of Topliss-reactive ketones (excluding diaryl/α,β-unsaturated/α-hetero) is 2. The van der Waals surface area contributed by atoms with E-state index >= 15 is 0 Å². The van der Waals surface area contributed by atoms with Crippen molar-refractivity contribution in [1.29, 1.82) is 0 Å². The third kappa shape index (κ3) is 13.3. The van der Waals surface area contributed by atoms with Crippen LogP contribution in [0.2, 0.25) is 0 Å². The second-order valence-electron chi connectivity index (χ2n) is 17.3. The maximum atomic E-state index is 13.8. The lowest BCUT2D eigenvalue weighted by molar-refractivity contribution is -0.143. The summed E-state index contributed by atoms with van der Waals surface area (Å²) in [5.41, 5.74) is -6.04. The van der Waals surface area contributed by atoms with Gasteiger partial charge < -0.3 is 34.1 Å². The number of anilines is 1. The van der Waals surface area contributed by atoms with Crippen LogP contribution >= 0.6 is 0 Å². The Labute approximate surface area is 429 Å². The van der Waals surface area contributed by atoms with Crippen LogP contribution in [0.1, 0.15) is 68.1 Å². The maximum absolute atomic E-state index is 13.8. The van der Waals surface area contributed by atoms with Gasteiger partial charge in [0, 0.05) is 17.7 Å². The predicted molar refractivity (Wildman–Crippen MR) is 247 cm³/mol. The molecule has 1 aliphatic carbocycles. The van der Waals surface area contributed by atoms with Crippen molar-refractivity contribution < 1.29 is 92.3 Å². The number of carbonyl (C=O) groups excluding carboxylic acids is 5. The number of nitrogens with one attached hydrogen (secondary N) is 2. The molecule has 1 fully saturated rings. The van der Waals surface area contributed by atoms with Crippen LogP contribution < -0.4 is 14.8 Å². The standard InChI is InChI=1S/C50H42F9N7O11/c51-48(52,53)29-18-28(19-30(20-29)49(54,55)56)43-40(11-9-34(45(43)70)36-22-41(63-62-36)50(57,58)59)76-24-27-4-6-31(7-5-27)60-42(69)26-75-17-16-74-15-14-73-13-12-65-23-32(61-64-65)25-77-39-3-1-2-35-44(39)47(72)66(46(35)71)37-10-8-33(67)21-38(37)68/h1-7,9,11,18-20,22-23,37,70H,8,10,12-17,21,24-26H2,(H,60,69)(H,62,63). The summed E-state index contributed by atoms with van der Waals surface area (Å²) in [6.07, 6.45) is -14.0. The summed E-state index contributed by atoms with van der Waals surface area (Å²) < 4.78 is 153. The number of rotatable bonds is 21. The number of imide groups is 1. The second-order valence-corrected chi connectivity index (χ2v) is 17.3. The van der Waals surface area contributed by atoms with E-state index in [9.17, 15) is 68.6 Å². The number of halogens is 9. The summed E-state index contributed by atoms with van der Waals surface area (Å²) in [4.78, 5) is 64.1. The molecule has 0 bridgehead atoms. The average Bonchev–Trinajstić information content (AvgIpc) is 4.16. The number of fused-ring (bicyclic) bond motifs is 1. The zero-order valence-electron chi connectivity index (χ0n) is 39.8. The molecule has 3 N–H and O–H groups in total. The number of alkyl halides is 9. The lowest BCUT2D eigenvalue weighted by Gasteiger charge is -2.27. The minimum absolute atomic E-state index is 0.0289. The number of phenols is 1. The van der Waals surface area contributed by atoms with Crippen molar-refractivity contribution in [3.05, 3.63) is 124 Å². The molecule has 1 atom stereocenters. The number of hydrogen-bond acceptors (Lipinski definition) is 14. The smallest absolute Gasteiger partial charge is 0.432 e. The fourth-order valence-electron chi connectivity index (χ4n) is 8.16. The van der Waals surface area contributed by atoms with Crippen LogP contribution in [0.4, 0.5) is 45.2 Å². The zero-order chi connectivity index (χ0) is 55.2. The van der Waals surface area contributed by atoms with E-state index in [-0.39, 0.29) is 101 Å².